The Bertz CT molecular complexity index is 544. The Kier molecular flexibility index (Phi) is 9.18. The van der Waals surface area contributed by atoms with Crippen LogP contribution in [0.1, 0.15) is 31.7 Å². The van der Waals surface area contributed by atoms with Crippen molar-refractivity contribution in [1.82, 2.24) is 5.32 Å². The summed E-state index contributed by atoms with van der Waals surface area (Å²) in [6.45, 7) is 3.64. The summed E-state index contributed by atoms with van der Waals surface area (Å²) < 4.78 is 10.5. The highest BCUT2D eigenvalue weighted by Crippen LogP contribution is 2.15. The average Bonchev–Trinajstić information content (AvgIpc) is 2.58. The lowest BCUT2D eigenvalue weighted by atomic mass is 10.1. The molecule has 0 fully saturated rings. The molecule has 5 heteroatoms. The molecule has 0 spiro atoms. The monoisotopic (exact) mass is 316 g/mol. The molecule has 0 heterocycles. The van der Waals surface area contributed by atoms with Crippen LogP contribution in [0.15, 0.2) is 29.8 Å². The number of methoxy groups -OCH3 is 1. The smallest absolute Gasteiger partial charge is 0.262 e. The number of nitrogens with zero attached hydrogens (tertiary/aromatic N) is 1. The van der Waals surface area contributed by atoms with Crippen LogP contribution in [-0.2, 0) is 9.53 Å². The number of nitrogens with one attached hydrogen (secondary N) is 1. The van der Waals surface area contributed by atoms with Crippen molar-refractivity contribution < 1.29 is 14.3 Å². The summed E-state index contributed by atoms with van der Waals surface area (Å²) >= 11 is 0. The maximum absolute atomic E-state index is 11.8. The van der Waals surface area contributed by atoms with Gasteiger partial charge in [0.15, 0.2) is 0 Å². The molecule has 1 aromatic carbocycles. The van der Waals surface area contributed by atoms with Crippen LogP contribution in [0.3, 0.4) is 0 Å². The number of amides is 1. The number of unbranched alkanes of at least 4 members (excludes halogenated alkanes) is 2. The maximum atomic E-state index is 11.8. The van der Waals surface area contributed by atoms with E-state index >= 15 is 0 Å². The van der Waals surface area contributed by atoms with Gasteiger partial charge in [-0.2, -0.15) is 5.26 Å². The first-order chi connectivity index (χ1) is 11.2. The lowest BCUT2D eigenvalue weighted by Gasteiger charge is -2.06. The average molecular weight is 316 g/mol. The van der Waals surface area contributed by atoms with E-state index in [1.807, 2.05) is 30.3 Å². The molecule has 0 aliphatic carbocycles. The van der Waals surface area contributed by atoms with Crippen LogP contribution in [0.5, 0.6) is 5.75 Å². The molecule has 1 N–H and O–H groups in total. The van der Waals surface area contributed by atoms with Crippen LogP contribution in [-0.4, -0.2) is 32.8 Å². The number of benzene rings is 1. The van der Waals surface area contributed by atoms with E-state index in [9.17, 15) is 4.79 Å². The number of ether oxygens (including phenoxy) is 2. The van der Waals surface area contributed by atoms with E-state index in [0.29, 0.717) is 19.8 Å². The Morgan fingerprint density at radius 2 is 2.00 bits per heavy atom. The molecule has 0 saturated carbocycles. The number of hydrogen-bond donors (Lipinski definition) is 1. The molecule has 0 unspecified atom stereocenters. The fourth-order valence-corrected chi connectivity index (χ4v) is 1.88. The zero-order valence-electron chi connectivity index (χ0n) is 13.8. The predicted octanol–water partition coefficient (Wildman–Crippen LogP) is 2.93. The number of hydrogen-bond acceptors (Lipinski definition) is 4. The topological polar surface area (TPSA) is 71.3 Å². The van der Waals surface area contributed by atoms with Gasteiger partial charge in [-0.25, -0.2) is 0 Å². The summed E-state index contributed by atoms with van der Waals surface area (Å²) in [4.78, 5) is 11.8. The second kappa shape index (κ2) is 11.3. The largest absolute Gasteiger partial charge is 0.494 e. The third-order valence-corrected chi connectivity index (χ3v) is 3.16. The van der Waals surface area contributed by atoms with Crippen molar-refractivity contribution >= 4 is 12.0 Å². The molecule has 0 aromatic heterocycles. The van der Waals surface area contributed by atoms with Crippen molar-refractivity contribution in [2.75, 3.05) is 26.9 Å². The van der Waals surface area contributed by atoms with E-state index in [1.165, 1.54) is 0 Å². The highest BCUT2D eigenvalue weighted by atomic mass is 16.5. The van der Waals surface area contributed by atoms with Gasteiger partial charge < -0.3 is 14.8 Å². The molecule has 124 valence electrons. The van der Waals surface area contributed by atoms with Gasteiger partial charge in [0.25, 0.3) is 5.91 Å². The van der Waals surface area contributed by atoms with Crippen LogP contribution in [0.25, 0.3) is 6.08 Å². The van der Waals surface area contributed by atoms with Crippen molar-refractivity contribution in [3.8, 4) is 11.8 Å². The summed E-state index contributed by atoms with van der Waals surface area (Å²) in [6, 6.07) is 9.26. The Balaban J connectivity index is 2.59. The van der Waals surface area contributed by atoms with Crippen molar-refractivity contribution in [2.45, 2.75) is 26.2 Å². The molecule has 1 aromatic rings. The second-order valence-electron chi connectivity index (χ2n) is 5.04. The molecule has 1 amide bonds. The van der Waals surface area contributed by atoms with Crippen LogP contribution >= 0.6 is 0 Å². The second-order valence-corrected chi connectivity index (χ2v) is 5.04. The molecule has 0 bridgehead atoms. The number of carbonyl (C=O) groups excluding carboxylic acids is 1. The van der Waals surface area contributed by atoms with E-state index < -0.39 is 5.91 Å². The molecule has 0 aliphatic rings. The minimum atomic E-state index is -0.399. The summed E-state index contributed by atoms with van der Waals surface area (Å²) in [6.07, 6.45) is 4.92. The molecule has 0 radical (unpaired) electrons. The molecular weight excluding hydrogens is 292 g/mol. The van der Waals surface area contributed by atoms with Gasteiger partial charge in [0, 0.05) is 13.7 Å². The first-order valence-corrected chi connectivity index (χ1v) is 7.83. The normalized spacial score (nSPS) is 10.9. The molecule has 0 atom stereocenters. The minimum absolute atomic E-state index is 0.0673. The van der Waals surface area contributed by atoms with Gasteiger partial charge >= 0.3 is 0 Å². The quantitative estimate of drug-likeness (QED) is 0.409. The fourth-order valence-electron chi connectivity index (χ4n) is 1.88. The van der Waals surface area contributed by atoms with Gasteiger partial charge in [0.1, 0.15) is 17.4 Å². The third kappa shape index (κ3) is 7.48. The van der Waals surface area contributed by atoms with Gasteiger partial charge in [0.05, 0.1) is 13.2 Å². The summed E-state index contributed by atoms with van der Waals surface area (Å²) in [5.74, 6) is 0.394. The Morgan fingerprint density at radius 3 is 2.61 bits per heavy atom. The third-order valence-electron chi connectivity index (χ3n) is 3.16. The van der Waals surface area contributed by atoms with E-state index in [1.54, 1.807) is 13.2 Å². The zero-order valence-corrected chi connectivity index (χ0v) is 13.8. The van der Waals surface area contributed by atoms with Gasteiger partial charge in [-0.3, -0.25) is 4.79 Å². The first-order valence-electron chi connectivity index (χ1n) is 7.83. The number of nitriles is 1. The fraction of sp³-hybridized carbons (Fsp3) is 0.444. The van der Waals surface area contributed by atoms with E-state index in [0.717, 1.165) is 30.6 Å². The van der Waals surface area contributed by atoms with E-state index in [4.69, 9.17) is 14.7 Å². The van der Waals surface area contributed by atoms with E-state index in [-0.39, 0.29) is 5.57 Å². The Morgan fingerprint density at radius 1 is 1.26 bits per heavy atom. The first kappa shape index (κ1) is 18.7. The number of rotatable bonds is 10. The Labute approximate surface area is 137 Å². The van der Waals surface area contributed by atoms with Gasteiger partial charge in [-0.1, -0.05) is 31.9 Å². The van der Waals surface area contributed by atoms with Crippen LogP contribution in [0.4, 0.5) is 0 Å². The molecule has 5 nitrogen and oxygen atoms in total. The maximum Gasteiger partial charge on any atom is 0.262 e. The van der Waals surface area contributed by atoms with Crippen LogP contribution in [0, 0.1) is 11.3 Å². The molecule has 1 rings (SSSR count). The summed E-state index contributed by atoms with van der Waals surface area (Å²) in [7, 11) is 1.55. The van der Waals surface area contributed by atoms with Gasteiger partial charge in [-0.05, 0) is 30.2 Å². The lowest BCUT2D eigenvalue weighted by molar-refractivity contribution is -0.117. The van der Waals surface area contributed by atoms with Crippen LogP contribution in [0.2, 0.25) is 0 Å². The van der Waals surface area contributed by atoms with Gasteiger partial charge in [-0.15, -0.1) is 0 Å². The predicted molar refractivity (Wildman–Crippen MR) is 89.9 cm³/mol. The van der Waals surface area contributed by atoms with Gasteiger partial charge in [0.2, 0.25) is 0 Å². The zero-order chi connectivity index (χ0) is 16.9. The highest BCUT2D eigenvalue weighted by molar-refractivity contribution is 6.01. The SMILES string of the molecule is CCCCCOc1ccc(/C=C(\C#N)C(=O)NCCOC)cc1. The minimum Gasteiger partial charge on any atom is -0.494 e. The summed E-state index contributed by atoms with van der Waals surface area (Å²) in [5.41, 5.74) is 0.849. The van der Waals surface area contributed by atoms with Crippen molar-refractivity contribution in [1.29, 1.82) is 5.26 Å². The standard InChI is InChI=1S/C18H24N2O3/c1-3-4-5-11-23-17-8-6-15(7-9-17)13-16(14-19)18(21)20-10-12-22-2/h6-9,13H,3-5,10-12H2,1-2H3,(H,20,21)/b16-13+. The van der Waals surface area contributed by atoms with Crippen molar-refractivity contribution in [2.24, 2.45) is 0 Å². The van der Waals surface area contributed by atoms with E-state index in [2.05, 4.69) is 12.2 Å². The Hall–Kier alpha value is -2.32. The van der Waals surface area contributed by atoms with Crippen molar-refractivity contribution in [3.63, 3.8) is 0 Å². The molecular formula is C18H24N2O3. The number of carbonyl (C=O) groups is 1. The molecule has 23 heavy (non-hydrogen) atoms. The molecule has 0 saturated heterocycles. The molecule has 0 aliphatic heterocycles. The summed E-state index contributed by atoms with van der Waals surface area (Å²) in [5, 5.41) is 11.7. The highest BCUT2D eigenvalue weighted by Gasteiger charge is 2.08. The van der Waals surface area contributed by atoms with Crippen LogP contribution < -0.4 is 10.1 Å². The van der Waals surface area contributed by atoms with Crippen molar-refractivity contribution in [3.05, 3.63) is 35.4 Å². The lowest BCUT2D eigenvalue weighted by Crippen LogP contribution is -2.27.